The highest BCUT2D eigenvalue weighted by Crippen LogP contribution is 2.27. The minimum absolute atomic E-state index is 0.150. The van der Waals surface area contributed by atoms with Crippen LogP contribution in [-0.4, -0.2) is 24.2 Å². The van der Waals surface area contributed by atoms with Gasteiger partial charge in [-0.3, -0.25) is 4.79 Å². The summed E-state index contributed by atoms with van der Waals surface area (Å²) < 4.78 is 5.83. The van der Waals surface area contributed by atoms with E-state index in [1.807, 2.05) is 24.3 Å². The van der Waals surface area contributed by atoms with Gasteiger partial charge in [0, 0.05) is 13.1 Å². The van der Waals surface area contributed by atoms with Gasteiger partial charge >= 0.3 is 5.97 Å². The van der Waals surface area contributed by atoms with Gasteiger partial charge in [0.2, 0.25) is 0 Å². The quantitative estimate of drug-likeness (QED) is 0.686. The van der Waals surface area contributed by atoms with Gasteiger partial charge in [0.25, 0.3) is 0 Å². The van der Waals surface area contributed by atoms with Crippen LogP contribution in [0.3, 0.4) is 0 Å². The van der Waals surface area contributed by atoms with E-state index in [1.54, 1.807) is 0 Å². The Morgan fingerprint density at radius 1 is 1.33 bits per heavy atom. The Balaban J connectivity index is 1.68. The number of ether oxygens (including phenoxy) is 1. The van der Waals surface area contributed by atoms with Crippen LogP contribution < -0.4 is 10.1 Å². The standard InChI is InChI=1S/C17H25NO3/c19-17(20)8-10-18-13-15-6-3-7-16(12-15)21-11-9-14-4-1-2-5-14/h3,6-7,12,14,18H,1-2,4-5,8-11,13H2,(H,19,20). The van der Waals surface area contributed by atoms with Gasteiger partial charge < -0.3 is 15.2 Å². The Kier molecular flexibility index (Phi) is 6.54. The van der Waals surface area contributed by atoms with Crippen molar-refractivity contribution in [2.24, 2.45) is 5.92 Å². The Bertz CT molecular complexity index is 441. The van der Waals surface area contributed by atoms with E-state index in [4.69, 9.17) is 9.84 Å². The number of carboxylic acids is 1. The molecule has 0 atom stereocenters. The number of hydrogen-bond donors (Lipinski definition) is 2. The smallest absolute Gasteiger partial charge is 0.304 e. The third-order valence-electron chi connectivity index (χ3n) is 4.01. The monoisotopic (exact) mass is 291 g/mol. The molecule has 21 heavy (non-hydrogen) atoms. The Hall–Kier alpha value is -1.55. The highest BCUT2D eigenvalue weighted by Gasteiger charge is 2.14. The fourth-order valence-electron chi connectivity index (χ4n) is 2.82. The number of benzene rings is 1. The first kappa shape index (κ1) is 15.8. The van der Waals surface area contributed by atoms with Crippen LogP contribution in [0.4, 0.5) is 0 Å². The molecule has 1 saturated carbocycles. The van der Waals surface area contributed by atoms with Crippen molar-refractivity contribution in [2.45, 2.75) is 45.1 Å². The van der Waals surface area contributed by atoms with E-state index in [2.05, 4.69) is 5.32 Å². The molecule has 0 heterocycles. The highest BCUT2D eigenvalue weighted by molar-refractivity contribution is 5.66. The number of aliphatic carboxylic acids is 1. The normalized spacial score (nSPS) is 15.2. The molecule has 0 radical (unpaired) electrons. The summed E-state index contributed by atoms with van der Waals surface area (Å²) in [7, 11) is 0. The molecule has 0 amide bonds. The molecule has 2 rings (SSSR count). The van der Waals surface area contributed by atoms with Crippen molar-refractivity contribution in [3.8, 4) is 5.75 Å². The average Bonchev–Trinajstić information content (AvgIpc) is 2.97. The Morgan fingerprint density at radius 2 is 2.14 bits per heavy atom. The first-order chi connectivity index (χ1) is 10.2. The molecule has 0 spiro atoms. The molecule has 4 heteroatoms. The number of hydrogen-bond acceptors (Lipinski definition) is 3. The van der Waals surface area contributed by atoms with E-state index in [9.17, 15) is 4.79 Å². The zero-order chi connectivity index (χ0) is 14.9. The maximum Gasteiger partial charge on any atom is 0.304 e. The largest absolute Gasteiger partial charge is 0.494 e. The predicted octanol–water partition coefficient (Wildman–Crippen LogP) is 3.21. The maximum absolute atomic E-state index is 10.4. The molecular formula is C17H25NO3. The van der Waals surface area contributed by atoms with E-state index < -0.39 is 5.97 Å². The molecule has 0 aromatic heterocycles. The zero-order valence-electron chi connectivity index (χ0n) is 12.5. The van der Waals surface area contributed by atoms with Crippen LogP contribution in [0.5, 0.6) is 5.75 Å². The summed E-state index contributed by atoms with van der Waals surface area (Å²) in [6.07, 6.45) is 6.77. The van der Waals surface area contributed by atoms with Gasteiger partial charge in [0.15, 0.2) is 0 Å². The van der Waals surface area contributed by atoms with Crippen molar-refractivity contribution in [1.82, 2.24) is 5.32 Å². The van der Waals surface area contributed by atoms with E-state index in [-0.39, 0.29) is 6.42 Å². The van der Waals surface area contributed by atoms with Crippen molar-refractivity contribution in [2.75, 3.05) is 13.2 Å². The van der Waals surface area contributed by atoms with E-state index >= 15 is 0 Å². The molecular weight excluding hydrogens is 266 g/mol. The summed E-state index contributed by atoms with van der Waals surface area (Å²) in [6, 6.07) is 8.02. The Labute approximate surface area is 126 Å². The van der Waals surface area contributed by atoms with Crippen molar-refractivity contribution in [1.29, 1.82) is 0 Å². The minimum atomic E-state index is -0.772. The van der Waals surface area contributed by atoms with Crippen LogP contribution in [0.25, 0.3) is 0 Å². The lowest BCUT2D eigenvalue weighted by Crippen LogP contribution is -2.17. The summed E-state index contributed by atoms with van der Waals surface area (Å²) in [5.41, 5.74) is 1.12. The van der Waals surface area contributed by atoms with Crippen LogP contribution in [0, 0.1) is 5.92 Å². The first-order valence-corrected chi connectivity index (χ1v) is 7.88. The first-order valence-electron chi connectivity index (χ1n) is 7.88. The molecule has 1 fully saturated rings. The van der Waals surface area contributed by atoms with Gasteiger partial charge in [0.05, 0.1) is 13.0 Å². The lowest BCUT2D eigenvalue weighted by molar-refractivity contribution is -0.136. The minimum Gasteiger partial charge on any atom is -0.494 e. The van der Waals surface area contributed by atoms with Crippen LogP contribution in [0.2, 0.25) is 0 Å². The predicted molar refractivity (Wildman–Crippen MR) is 82.5 cm³/mol. The summed E-state index contributed by atoms with van der Waals surface area (Å²) in [5.74, 6) is 0.989. The fourth-order valence-corrected chi connectivity index (χ4v) is 2.82. The second kappa shape index (κ2) is 8.67. The average molecular weight is 291 g/mol. The van der Waals surface area contributed by atoms with E-state index in [0.717, 1.165) is 30.3 Å². The molecule has 116 valence electrons. The van der Waals surface area contributed by atoms with E-state index in [1.165, 1.54) is 25.7 Å². The maximum atomic E-state index is 10.4. The van der Waals surface area contributed by atoms with Crippen LogP contribution in [0.1, 0.15) is 44.1 Å². The third kappa shape index (κ3) is 6.17. The lowest BCUT2D eigenvalue weighted by Gasteiger charge is -2.11. The number of carboxylic acid groups (broad SMARTS) is 1. The van der Waals surface area contributed by atoms with E-state index in [0.29, 0.717) is 13.1 Å². The Morgan fingerprint density at radius 3 is 2.90 bits per heavy atom. The van der Waals surface area contributed by atoms with Crippen molar-refractivity contribution < 1.29 is 14.6 Å². The van der Waals surface area contributed by atoms with Gasteiger partial charge in [0.1, 0.15) is 5.75 Å². The molecule has 1 aliphatic rings. The van der Waals surface area contributed by atoms with Crippen LogP contribution in [-0.2, 0) is 11.3 Å². The summed E-state index contributed by atoms with van der Waals surface area (Å²) >= 11 is 0. The second-order valence-corrected chi connectivity index (χ2v) is 5.76. The van der Waals surface area contributed by atoms with Crippen LogP contribution in [0.15, 0.2) is 24.3 Å². The molecule has 1 aliphatic carbocycles. The zero-order valence-corrected chi connectivity index (χ0v) is 12.5. The van der Waals surface area contributed by atoms with Gasteiger partial charge in [-0.2, -0.15) is 0 Å². The van der Waals surface area contributed by atoms with Gasteiger partial charge in [-0.25, -0.2) is 0 Å². The third-order valence-corrected chi connectivity index (χ3v) is 4.01. The molecule has 1 aromatic rings. The molecule has 0 unspecified atom stereocenters. The molecule has 2 N–H and O–H groups in total. The highest BCUT2D eigenvalue weighted by atomic mass is 16.5. The topological polar surface area (TPSA) is 58.6 Å². The van der Waals surface area contributed by atoms with Crippen molar-refractivity contribution in [3.63, 3.8) is 0 Å². The van der Waals surface area contributed by atoms with Crippen molar-refractivity contribution in [3.05, 3.63) is 29.8 Å². The lowest BCUT2D eigenvalue weighted by atomic mass is 10.1. The van der Waals surface area contributed by atoms with Crippen LogP contribution >= 0.6 is 0 Å². The number of rotatable bonds is 9. The summed E-state index contributed by atoms with van der Waals surface area (Å²) in [4.78, 5) is 10.4. The molecule has 0 aliphatic heterocycles. The van der Waals surface area contributed by atoms with Gasteiger partial charge in [-0.15, -0.1) is 0 Å². The molecule has 0 bridgehead atoms. The van der Waals surface area contributed by atoms with Gasteiger partial charge in [-0.05, 0) is 30.0 Å². The summed E-state index contributed by atoms with van der Waals surface area (Å²) in [6.45, 7) is 1.95. The number of carbonyl (C=O) groups is 1. The molecule has 1 aromatic carbocycles. The molecule has 0 saturated heterocycles. The SMILES string of the molecule is O=C(O)CCNCc1cccc(OCCC2CCCC2)c1. The molecule has 4 nitrogen and oxygen atoms in total. The van der Waals surface area contributed by atoms with Crippen molar-refractivity contribution >= 4 is 5.97 Å². The second-order valence-electron chi connectivity index (χ2n) is 5.76. The number of nitrogens with one attached hydrogen (secondary N) is 1. The van der Waals surface area contributed by atoms with Gasteiger partial charge in [-0.1, -0.05) is 37.8 Å². The fraction of sp³-hybridized carbons (Fsp3) is 0.588. The summed E-state index contributed by atoms with van der Waals surface area (Å²) in [5, 5.41) is 11.7.